The average molecular weight is 329 g/mol. The van der Waals surface area contributed by atoms with Gasteiger partial charge in [0, 0.05) is 0 Å². The van der Waals surface area contributed by atoms with Crippen molar-refractivity contribution in [3.05, 3.63) is 47.5 Å². The van der Waals surface area contributed by atoms with E-state index in [2.05, 4.69) is 5.32 Å². The zero-order chi connectivity index (χ0) is 17.1. The molecule has 0 spiro atoms. The Kier molecular flexibility index (Phi) is 4.46. The summed E-state index contributed by atoms with van der Waals surface area (Å²) in [5.74, 6) is 2.09. The lowest BCUT2D eigenvalue weighted by molar-refractivity contribution is 0.0936. The Morgan fingerprint density at radius 3 is 2.67 bits per heavy atom. The lowest BCUT2D eigenvalue weighted by atomic mass is 10.1. The summed E-state index contributed by atoms with van der Waals surface area (Å²) in [5, 5.41) is 2.96. The molecule has 0 aromatic heterocycles. The van der Waals surface area contributed by atoms with E-state index in [1.807, 2.05) is 25.1 Å². The summed E-state index contributed by atoms with van der Waals surface area (Å²) in [6.07, 6.45) is 0. The molecule has 0 bridgehead atoms. The van der Waals surface area contributed by atoms with Gasteiger partial charge in [0.25, 0.3) is 5.91 Å². The lowest BCUT2D eigenvalue weighted by Gasteiger charge is -2.17. The summed E-state index contributed by atoms with van der Waals surface area (Å²) >= 11 is 0. The van der Waals surface area contributed by atoms with Gasteiger partial charge in [-0.3, -0.25) is 4.79 Å². The first-order valence-electron chi connectivity index (χ1n) is 7.55. The van der Waals surface area contributed by atoms with E-state index in [9.17, 15) is 4.79 Å². The summed E-state index contributed by atoms with van der Waals surface area (Å²) in [6.45, 7) is 2.13. The average Bonchev–Trinajstić information content (AvgIpc) is 3.08. The first-order chi connectivity index (χ1) is 11.6. The van der Waals surface area contributed by atoms with Gasteiger partial charge in [0.05, 0.1) is 25.8 Å². The third-order valence-electron chi connectivity index (χ3n) is 3.89. The summed E-state index contributed by atoms with van der Waals surface area (Å²) in [5.41, 5.74) is 1.35. The van der Waals surface area contributed by atoms with E-state index in [0.29, 0.717) is 28.6 Å². The first kappa shape index (κ1) is 16.0. The number of carbonyl (C=O) groups is 1. The number of nitrogens with one attached hydrogen (secondary N) is 1. The topological polar surface area (TPSA) is 66.0 Å². The molecule has 6 heteroatoms. The van der Waals surface area contributed by atoms with E-state index in [1.165, 1.54) is 14.2 Å². The maximum atomic E-state index is 12.6. The molecule has 1 N–H and O–H groups in total. The van der Waals surface area contributed by atoms with Crippen molar-refractivity contribution in [2.75, 3.05) is 21.0 Å². The van der Waals surface area contributed by atoms with Crippen LogP contribution >= 0.6 is 0 Å². The fourth-order valence-electron chi connectivity index (χ4n) is 2.61. The largest absolute Gasteiger partial charge is 0.493 e. The zero-order valence-corrected chi connectivity index (χ0v) is 13.8. The van der Waals surface area contributed by atoms with E-state index >= 15 is 0 Å². The van der Waals surface area contributed by atoms with Crippen LogP contribution in [0.3, 0.4) is 0 Å². The van der Waals surface area contributed by atoms with Gasteiger partial charge in [-0.15, -0.1) is 0 Å². The smallest absolute Gasteiger partial charge is 0.255 e. The second-order valence-corrected chi connectivity index (χ2v) is 5.35. The highest BCUT2D eigenvalue weighted by atomic mass is 16.7. The predicted octanol–water partition coefficient (Wildman–Crippen LogP) is 2.92. The number of rotatable bonds is 5. The highest BCUT2D eigenvalue weighted by Crippen LogP contribution is 2.35. The van der Waals surface area contributed by atoms with Crippen molar-refractivity contribution in [2.45, 2.75) is 13.0 Å². The summed E-state index contributed by atoms with van der Waals surface area (Å²) in [7, 11) is 3.05. The van der Waals surface area contributed by atoms with Crippen molar-refractivity contribution in [1.82, 2.24) is 5.32 Å². The molecule has 1 amide bonds. The number of amides is 1. The number of fused-ring (bicyclic) bond motifs is 1. The fraction of sp³-hybridized carbons (Fsp3) is 0.278. The van der Waals surface area contributed by atoms with Crippen LogP contribution < -0.4 is 24.3 Å². The Labute approximate surface area is 140 Å². The van der Waals surface area contributed by atoms with Gasteiger partial charge in [-0.2, -0.15) is 0 Å². The normalized spacial score (nSPS) is 13.3. The van der Waals surface area contributed by atoms with Crippen LogP contribution in [0, 0.1) is 0 Å². The quantitative estimate of drug-likeness (QED) is 0.913. The SMILES string of the molecule is COc1cccc(C(=O)N[C@H](C)c2ccc3c(c2)OCO3)c1OC. The molecule has 1 aliphatic rings. The molecule has 0 radical (unpaired) electrons. The summed E-state index contributed by atoms with van der Waals surface area (Å²) in [4.78, 5) is 12.6. The molecule has 1 heterocycles. The number of hydrogen-bond donors (Lipinski definition) is 1. The van der Waals surface area contributed by atoms with Gasteiger partial charge < -0.3 is 24.3 Å². The highest BCUT2D eigenvalue weighted by Gasteiger charge is 2.20. The van der Waals surface area contributed by atoms with Gasteiger partial charge in [-0.25, -0.2) is 0 Å². The van der Waals surface area contributed by atoms with Gasteiger partial charge in [-0.1, -0.05) is 12.1 Å². The Hall–Kier alpha value is -2.89. The van der Waals surface area contributed by atoms with Crippen molar-refractivity contribution in [2.24, 2.45) is 0 Å². The van der Waals surface area contributed by atoms with E-state index in [0.717, 1.165) is 5.56 Å². The van der Waals surface area contributed by atoms with Crippen LogP contribution in [-0.4, -0.2) is 26.9 Å². The molecular formula is C18H19NO5. The first-order valence-corrected chi connectivity index (χ1v) is 7.55. The molecular weight excluding hydrogens is 310 g/mol. The molecule has 0 aliphatic carbocycles. The van der Waals surface area contributed by atoms with E-state index < -0.39 is 0 Å². The molecule has 0 fully saturated rings. The van der Waals surface area contributed by atoms with Gasteiger partial charge in [0.1, 0.15) is 0 Å². The Bertz CT molecular complexity index is 759. The van der Waals surface area contributed by atoms with Crippen molar-refractivity contribution >= 4 is 5.91 Å². The van der Waals surface area contributed by atoms with Crippen LogP contribution in [0.1, 0.15) is 28.9 Å². The highest BCUT2D eigenvalue weighted by molar-refractivity contribution is 5.98. The van der Waals surface area contributed by atoms with Gasteiger partial charge in [0.2, 0.25) is 6.79 Å². The minimum atomic E-state index is -0.240. The van der Waals surface area contributed by atoms with Crippen molar-refractivity contribution < 1.29 is 23.7 Å². The van der Waals surface area contributed by atoms with Gasteiger partial charge >= 0.3 is 0 Å². The van der Waals surface area contributed by atoms with Crippen LogP contribution in [0.4, 0.5) is 0 Å². The van der Waals surface area contributed by atoms with E-state index in [1.54, 1.807) is 18.2 Å². The third kappa shape index (κ3) is 2.95. The van der Waals surface area contributed by atoms with Gasteiger partial charge in [-0.05, 0) is 36.8 Å². The van der Waals surface area contributed by atoms with Crippen LogP contribution in [0.15, 0.2) is 36.4 Å². The minimum absolute atomic E-state index is 0.206. The van der Waals surface area contributed by atoms with Crippen LogP contribution in [-0.2, 0) is 0 Å². The Balaban J connectivity index is 1.79. The fourth-order valence-corrected chi connectivity index (χ4v) is 2.61. The molecule has 1 aliphatic heterocycles. The molecule has 0 unspecified atom stereocenters. The second-order valence-electron chi connectivity index (χ2n) is 5.35. The molecule has 126 valence electrons. The van der Waals surface area contributed by atoms with Crippen molar-refractivity contribution in [3.8, 4) is 23.0 Å². The second kappa shape index (κ2) is 6.70. The van der Waals surface area contributed by atoms with E-state index in [4.69, 9.17) is 18.9 Å². The molecule has 2 aromatic carbocycles. The molecule has 0 saturated carbocycles. The third-order valence-corrected chi connectivity index (χ3v) is 3.89. The summed E-state index contributed by atoms with van der Waals surface area (Å²) < 4.78 is 21.2. The van der Waals surface area contributed by atoms with E-state index in [-0.39, 0.29) is 18.7 Å². The lowest BCUT2D eigenvalue weighted by Crippen LogP contribution is -2.27. The maximum absolute atomic E-state index is 12.6. The van der Waals surface area contributed by atoms with Crippen molar-refractivity contribution in [1.29, 1.82) is 0 Å². The molecule has 6 nitrogen and oxygen atoms in total. The minimum Gasteiger partial charge on any atom is -0.493 e. The zero-order valence-electron chi connectivity index (χ0n) is 13.8. The number of hydrogen-bond acceptors (Lipinski definition) is 5. The monoisotopic (exact) mass is 329 g/mol. The van der Waals surface area contributed by atoms with Crippen LogP contribution in [0.25, 0.3) is 0 Å². The predicted molar refractivity (Wildman–Crippen MR) is 88.0 cm³/mol. The maximum Gasteiger partial charge on any atom is 0.255 e. The number of benzene rings is 2. The number of ether oxygens (including phenoxy) is 4. The number of para-hydroxylation sites is 1. The Morgan fingerprint density at radius 1 is 1.12 bits per heavy atom. The standard InChI is InChI=1S/C18H19NO5/c1-11(12-7-8-14-16(9-12)24-10-23-14)19-18(20)13-5-4-6-15(21-2)17(13)22-3/h4-9,11H,10H2,1-3H3,(H,19,20)/t11-/m1/s1. The molecule has 1 atom stereocenters. The molecule has 0 saturated heterocycles. The molecule has 3 rings (SSSR count). The van der Waals surface area contributed by atoms with Crippen molar-refractivity contribution in [3.63, 3.8) is 0 Å². The Morgan fingerprint density at radius 2 is 1.92 bits per heavy atom. The van der Waals surface area contributed by atoms with Crippen LogP contribution in [0.5, 0.6) is 23.0 Å². The number of carbonyl (C=O) groups excluding carboxylic acids is 1. The molecule has 2 aromatic rings. The summed E-state index contributed by atoms with van der Waals surface area (Å²) in [6, 6.07) is 10.6. The van der Waals surface area contributed by atoms with Crippen LogP contribution in [0.2, 0.25) is 0 Å². The number of methoxy groups -OCH3 is 2. The van der Waals surface area contributed by atoms with Gasteiger partial charge in [0.15, 0.2) is 23.0 Å². The molecule has 24 heavy (non-hydrogen) atoms.